The van der Waals surface area contributed by atoms with Crippen LogP contribution in [0.25, 0.3) is 0 Å². The predicted octanol–water partition coefficient (Wildman–Crippen LogP) is 1.59. The predicted molar refractivity (Wildman–Crippen MR) is 99.5 cm³/mol. The van der Waals surface area contributed by atoms with Crippen molar-refractivity contribution in [2.45, 2.75) is 31.2 Å². The number of benzene rings is 2. The van der Waals surface area contributed by atoms with Crippen molar-refractivity contribution < 1.29 is 49.3 Å². The summed E-state index contributed by atoms with van der Waals surface area (Å²) in [6.45, 7) is 0. The zero-order valence-corrected chi connectivity index (χ0v) is 15.8. The Morgan fingerprint density at radius 2 is 1.83 bits per heavy atom. The lowest BCUT2D eigenvalue weighted by Crippen LogP contribution is -2.40. The third kappa shape index (κ3) is 4.33. The van der Waals surface area contributed by atoms with Gasteiger partial charge in [-0.1, -0.05) is 6.07 Å². The standard InChI is InChI=1S/C20H20O10/c1-28-20(27)17(8-18(25)26)29-16-7-11-13(23)5-10(21)6-15(11)30-19(16)9-2-3-12(22)14(24)4-9/h2-6,16-17,19,21-24H,7-8H2,1H3,(H,25,26)/t16-,17+,19-/m1/s1. The number of phenolic OH excluding ortho intramolecular Hbond substituents is 4. The number of rotatable bonds is 6. The molecule has 0 unspecified atom stereocenters. The second-order valence-electron chi connectivity index (χ2n) is 6.72. The van der Waals surface area contributed by atoms with E-state index in [0.717, 1.165) is 13.2 Å². The zero-order chi connectivity index (χ0) is 22.0. The number of esters is 1. The van der Waals surface area contributed by atoms with Crippen LogP contribution in [-0.4, -0.2) is 56.8 Å². The van der Waals surface area contributed by atoms with Crippen LogP contribution < -0.4 is 4.74 Å². The average Bonchev–Trinajstić information content (AvgIpc) is 2.68. The van der Waals surface area contributed by atoms with Crippen LogP contribution in [0.2, 0.25) is 0 Å². The van der Waals surface area contributed by atoms with Crippen LogP contribution in [0.5, 0.6) is 28.7 Å². The maximum Gasteiger partial charge on any atom is 0.335 e. The van der Waals surface area contributed by atoms with E-state index in [1.165, 1.54) is 24.3 Å². The maximum atomic E-state index is 12.0. The molecule has 10 heteroatoms. The van der Waals surface area contributed by atoms with Gasteiger partial charge in [0.25, 0.3) is 0 Å². The summed E-state index contributed by atoms with van der Waals surface area (Å²) in [5.41, 5.74) is 0.638. The van der Waals surface area contributed by atoms with Crippen molar-refractivity contribution in [3.63, 3.8) is 0 Å². The molecule has 160 valence electrons. The maximum absolute atomic E-state index is 12.0. The van der Waals surface area contributed by atoms with Gasteiger partial charge in [0.05, 0.1) is 13.5 Å². The highest BCUT2D eigenvalue weighted by Crippen LogP contribution is 2.44. The van der Waals surface area contributed by atoms with Crippen molar-refractivity contribution >= 4 is 11.9 Å². The Morgan fingerprint density at radius 1 is 1.10 bits per heavy atom. The number of carbonyl (C=O) groups excluding carboxylic acids is 1. The first-order chi connectivity index (χ1) is 14.2. The highest BCUT2D eigenvalue weighted by atomic mass is 16.6. The van der Waals surface area contributed by atoms with E-state index in [1.807, 2.05) is 0 Å². The fourth-order valence-corrected chi connectivity index (χ4v) is 3.26. The van der Waals surface area contributed by atoms with Crippen molar-refractivity contribution in [1.29, 1.82) is 0 Å². The minimum atomic E-state index is -1.45. The van der Waals surface area contributed by atoms with Crippen molar-refractivity contribution in [2.24, 2.45) is 0 Å². The zero-order valence-electron chi connectivity index (χ0n) is 15.8. The Hall–Kier alpha value is -3.66. The quantitative estimate of drug-likeness (QED) is 0.342. The van der Waals surface area contributed by atoms with Crippen LogP contribution in [0, 0.1) is 0 Å². The van der Waals surface area contributed by atoms with Gasteiger partial charge in [0.15, 0.2) is 23.7 Å². The van der Waals surface area contributed by atoms with E-state index in [2.05, 4.69) is 4.74 Å². The number of fused-ring (bicyclic) bond motifs is 1. The minimum Gasteiger partial charge on any atom is -0.508 e. The molecule has 1 heterocycles. The topological polar surface area (TPSA) is 163 Å². The van der Waals surface area contributed by atoms with Gasteiger partial charge in [-0.05, 0) is 17.7 Å². The van der Waals surface area contributed by atoms with Gasteiger partial charge in [-0.3, -0.25) is 4.79 Å². The van der Waals surface area contributed by atoms with Gasteiger partial charge in [-0.15, -0.1) is 0 Å². The van der Waals surface area contributed by atoms with Gasteiger partial charge in [0, 0.05) is 24.1 Å². The molecule has 3 rings (SSSR count). The molecule has 3 atom stereocenters. The van der Waals surface area contributed by atoms with E-state index in [1.54, 1.807) is 0 Å². The summed E-state index contributed by atoms with van der Waals surface area (Å²) in [5.74, 6) is -3.32. The molecule has 1 aliphatic rings. The number of carboxylic acid groups (broad SMARTS) is 1. The highest BCUT2D eigenvalue weighted by molar-refractivity contribution is 5.81. The SMILES string of the molecule is COC(=O)[C@H](CC(=O)O)O[C@@H]1Cc2c(O)cc(O)cc2O[C@@H]1c1ccc(O)c(O)c1. The number of hydrogen-bond acceptors (Lipinski definition) is 9. The van der Waals surface area contributed by atoms with E-state index in [9.17, 15) is 30.0 Å². The molecule has 10 nitrogen and oxygen atoms in total. The van der Waals surface area contributed by atoms with Crippen molar-refractivity contribution in [3.05, 3.63) is 41.5 Å². The van der Waals surface area contributed by atoms with Crippen LogP contribution in [0.15, 0.2) is 30.3 Å². The summed E-state index contributed by atoms with van der Waals surface area (Å²) in [6.07, 6.45) is -4.05. The second kappa shape index (κ2) is 8.37. The largest absolute Gasteiger partial charge is 0.508 e. The molecule has 0 aromatic heterocycles. The number of phenols is 4. The van der Waals surface area contributed by atoms with E-state index in [4.69, 9.17) is 14.6 Å². The van der Waals surface area contributed by atoms with Gasteiger partial charge < -0.3 is 39.7 Å². The monoisotopic (exact) mass is 420 g/mol. The number of carboxylic acids is 1. The lowest BCUT2D eigenvalue weighted by molar-refractivity contribution is -0.168. The van der Waals surface area contributed by atoms with Gasteiger partial charge >= 0.3 is 11.9 Å². The molecule has 0 fully saturated rings. The summed E-state index contributed by atoms with van der Waals surface area (Å²) >= 11 is 0. The first kappa shape index (κ1) is 21.1. The number of hydrogen-bond donors (Lipinski definition) is 5. The fourth-order valence-electron chi connectivity index (χ4n) is 3.26. The van der Waals surface area contributed by atoms with E-state index >= 15 is 0 Å². The molecule has 0 saturated heterocycles. The van der Waals surface area contributed by atoms with Gasteiger partial charge in [-0.25, -0.2) is 4.79 Å². The van der Waals surface area contributed by atoms with E-state index in [0.29, 0.717) is 5.56 Å². The summed E-state index contributed by atoms with van der Waals surface area (Å²) in [4.78, 5) is 23.2. The molecule has 0 spiro atoms. The minimum absolute atomic E-state index is 0.000858. The van der Waals surface area contributed by atoms with Crippen LogP contribution in [0.4, 0.5) is 0 Å². The fraction of sp³-hybridized carbons (Fsp3) is 0.300. The molecule has 2 aromatic carbocycles. The number of ether oxygens (including phenoxy) is 3. The lowest BCUT2D eigenvalue weighted by atomic mass is 9.93. The normalized spacial score (nSPS) is 18.7. The molecule has 0 amide bonds. The van der Waals surface area contributed by atoms with Crippen molar-refractivity contribution in [1.82, 2.24) is 0 Å². The number of aromatic hydroxyl groups is 4. The Bertz CT molecular complexity index is 970. The van der Waals surface area contributed by atoms with Crippen LogP contribution >= 0.6 is 0 Å². The van der Waals surface area contributed by atoms with Crippen molar-refractivity contribution in [3.8, 4) is 28.7 Å². The van der Waals surface area contributed by atoms with E-state index in [-0.39, 0.29) is 35.0 Å². The van der Waals surface area contributed by atoms with Crippen LogP contribution in [0.3, 0.4) is 0 Å². The summed E-state index contributed by atoms with van der Waals surface area (Å²) in [5, 5.41) is 48.4. The molecule has 30 heavy (non-hydrogen) atoms. The molecular weight excluding hydrogens is 400 g/mol. The Balaban J connectivity index is 2.02. The van der Waals surface area contributed by atoms with Crippen LogP contribution in [0.1, 0.15) is 23.7 Å². The number of methoxy groups -OCH3 is 1. The summed E-state index contributed by atoms with van der Waals surface area (Å²) < 4.78 is 16.2. The lowest BCUT2D eigenvalue weighted by Gasteiger charge is -2.35. The smallest absolute Gasteiger partial charge is 0.335 e. The van der Waals surface area contributed by atoms with Gasteiger partial charge in [0.2, 0.25) is 0 Å². The third-order valence-electron chi connectivity index (χ3n) is 4.66. The van der Waals surface area contributed by atoms with Crippen molar-refractivity contribution in [2.75, 3.05) is 7.11 Å². The Morgan fingerprint density at radius 3 is 2.47 bits per heavy atom. The summed E-state index contributed by atoms with van der Waals surface area (Å²) in [7, 11) is 1.09. The van der Waals surface area contributed by atoms with Crippen LogP contribution in [-0.2, 0) is 25.5 Å². The van der Waals surface area contributed by atoms with E-state index < -0.39 is 42.4 Å². The second-order valence-corrected chi connectivity index (χ2v) is 6.72. The molecule has 0 aliphatic carbocycles. The molecule has 5 N–H and O–H groups in total. The molecule has 0 radical (unpaired) electrons. The molecule has 1 aliphatic heterocycles. The first-order valence-corrected chi connectivity index (χ1v) is 8.88. The first-order valence-electron chi connectivity index (χ1n) is 8.88. The third-order valence-corrected chi connectivity index (χ3v) is 4.66. The highest BCUT2D eigenvalue weighted by Gasteiger charge is 2.38. The number of carbonyl (C=O) groups is 2. The Labute approximate surface area is 170 Å². The molecule has 0 saturated carbocycles. The average molecular weight is 420 g/mol. The molecular formula is C20H20O10. The van der Waals surface area contributed by atoms with Gasteiger partial charge in [-0.2, -0.15) is 0 Å². The summed E-state index contributed by atoms with van der Waals surface area (Å²) in [6, 6.07) is 6.31. The Kier molecular flexibility index (Phi) is 5.88. The molecule has 2 aromatic rings. The number of aliphatic carboxylic acids is 1. The van der Waals surface area contributed by atoms with Gasteiger partial charge in [0.1, 0.15) is 23.4 Å². The molecule has 0 bridgehead atoms.